The summed E-state index contributed by atoms with van der Waals surface area (Å²) in [4.78, 5) is 0. The largest absolute Gasteiger partial charge is 0.496 e. The van der Waals surface area contributed by atoms with Crippen molar-refractivity contribution < 1.29 is 9.84 Å². The number of ether oxygens (including phenoxy) is 1. The van der Waals surface area contributed by atoms with Crippen molar-refractivity contribution in [1.29, 1.82) is 0 Å². The van der Waals surface area contributed by atoms with Gasteiger partial charge in [0.2, 0.25) is 0 Å². The fourth-order valence-corrected chi connectivity index (χ4v) is 4.26. The SMILES string of the molecule is COc1c(C)cc(Br)c(C)c1C(O)c1cc(Br)cc(Br)c1. The molecule has 0 aromatic heterocycles. The van der Waals surface area contributed by atoms with Crippen LogP contribution < -0.4 is 4.74 Å². The second kappa shape index (κ2) is 6.82. The van der Waals surface area contributed by atoms with Gasteiger partial charge >= 0.3 is 0 Å². The van der Waals surface area contributed by atoms with Gasteiger partial charge in [0, 0.05) is 19.0 Å². The van der Waals surface area contributed by atoms with Gasteiger partial charge < -0.3 is 9.84 Å². The summed E-state index contributed by atoms with van der Waals surface area (Å²) in [5, 5.41) is 10.8. The summed E-state index contributed by atoms with van der Waals surface area (Å²) < 4.78 is 8.30. The summed E-state index contributed by atoms with van der Waals surface area (Å²) in [5.41, 5.74) is 3.55. The first-order valence-corrected chi connectivity index (χ1v) is 8.70. The Kier molecular flexibility index (Phi) is 5.52. The zero-order valence-corrected chi connectivity index (χ0v) is 16.6. The van der Waals surface area contributed by atoms with Gasteiger partial charge in [-0.3, -0.25) is 0 Å². The Hall–Kier alpha value is -0.360. The molecule has 0 amide bonds. The van der Waals surface area contributed by atoms with Gasteiger partial charge in [0.05, 0.1) is 7.11 Å². The molecule has 1 N–H and O–H groups in total. The van der Waals surface area contributed by atoms with Crippen LogP contribution in [0.15, 0.2) is 37.7 Å². The van der Waals surface area contributed by atoms with Crippen LogP contribution in [-0.2, 0) is 0 Å². The predicted octanol–water partition coefficient (Wildman–Crippen LogP) is 5.68. The van der Waals surface area contributed by atoms with E-state index in [1.165, 1.54) is 0 Å². The standard InChI is InChI=1S/C16H15Br3O2/c1-8-4-13(19)9(2)14(16(8)21-3)15(20)10-5-11(17)7-12(18)6-10/h4-7,15,20H,1-3H3. The Balaban J connectivity index is 2.64. The van der Waals surface area contributed by atoms with E-state index in [0.717, 1.165) is 41.4 Å². The maximum Gasteiger partial charge on any atom is 0.128 e. The minimum Gasteiger partial charge on any atom is -0.496 e. The van der Waals surface area contributed by atoms with Crippen LogP contribution in [0.4, 0.5) is 0 Å². The van der Waals surface area contributed by atoms with Crippen LogP contribution in [0.5, 0.6) is 5.75 Å². The van der Waals surface area contributed by atoms with Gasteiger partial charge in [-0.05, 0) is 54.8 Å². The molecule has 112 valence electrons. The highest BCUT2D eigenvalue weighted by Gasteiger charge is 2.22. The molecular weight excluding hydrogens is 464 g/mol. The van der Waals surface area contributed by atoms with Crippen molar-refractivity contribution in [1.82, 2.24) is 0 Å². The van der Waals surface area contributed by atoms with E-state index in [1.807, 2.05) is 38.1 Å². The fraction of sp³-hybridized carbons (Fsp3) is 0.250. The van der Waals surface area contributed by atoms with E-state index in [9.17, 15) is 5.11 Å². The zero-order valence-electron chi connectivity index (χ0n) is 11.9. The average molecular weight is 479 g/mol. The molecule has 0 aliphatic rings. The number of benzene rings is 2. The molecule has 0 saturated heterocycles. The summed E-state index contributed by atoms with van der Waals surface area (Å²) in [7, 11) is 1.63. The van der Waals surface area contributed by atoms with E-state index in [1.54, 1.807) is 7.11 Å². The van der Waals surface area contributed by atoms with E-state index in [-0.39, 0.29) is 0 Å². The van der Waals surface area contributed by atoms with Crippen molar-refractivity contribution in [3.05, 3.63) is 59.9 Å². The van der Waals surface area contributed by atoms with Crippen LogP contribution >= 0.6 is 47.8 Å². The van der Waals surface area contributed by atoms with E-state index in [0.29, 0.717) is 0 Å². The topological polar surface area (TPSA) is 29.5 Å². The molecule has 0 heterocycles. The van der Waals surface area contributed by atoms with Crippen LogP contribution in [0.25, 0.3) is 0 Å². The molecule has 2 nitrogen and oxygen atoms in total. The van der Waals surface area contributed by atoms with Gasteiger partial charge in [0.1, 0.15) is 11.9 Å². The monoisotopic (exact) mass is 476 g/mol. The molecule has 0 aliphatic carbocycles. The maximum atomic E-state index is 10.8. The molecule has 5 heteroatoms. The minimum atomic E-state index is -0.759. The van der Waals surface area contributed by atoms with Crippen molar-refractivity contribution in [2.24, 2.45) is 0 Å². The molecule has 0 saturated carbocycles. The molecule has 0 radical (unpaired) electrons. The van der Waals surface area contributed by atoms with Crippen molar-refractivity contribution in [2.75, 3.05) is 7.11 Å². The number of hydrogen-bond donors (Lipinski definition) is 1. The minimum absolute atomic E-state index is 0.722. The molecule has 0 aliphatic heterocycles. The zero-order chi connectivity index (χ0) is 15.7. The number of rotatable bonds is 3. The molecule has 2 aromatic carbocycles. The van der Waals surface area contributed by atoms with Crippen LogP contribution in [-0.4, -0.2) is 12.2 Å². The number of aliphatic hydroxyl groups excluding tert-OH is 1. The molecular formula is C16H15Br3O2. The summed E-state index contributed by atoms with van der Waals surface area (Å²) in [5.74, 6) is 0.722. The van der Waals surface area contributed by atoms with Crippen molar-refractivity contribution >= 4 is 47.8 Å². The summed E-state index contributed by atoms with van der Waals surface area (Å²) >= 11 is 10.5. The van der Waals surface area contributed by atoms with Crippen LogP contribution in [0.1, 0.15) is 28.4 Å². The first-order valence-electron chi connectivity index (χ1n) is 6.32. The predicted molar refractivity (Wildman–Crippen MR) is 96.1 cm³/mol. The average Bonchev–Trinajstić information content (AvgIpc) is 2.40. The van der Waals surface area contributed by atoms with Gasteiger partial charge in [0.15, 0.2) is 0 Å². The van der Waals surface area contributed by atoms with E-state index in [4.69, 9.17) is 4.74 Å². The third kappa shape index (κ3) is 3.52. The van der Waals surface area contributed by atoms with Crippen LogP contribution in [0.3, 0.4) is 0 Å². The van der Waals surface area contributed by atoms with Crippen LogP contribution in [0.2, 0.25) is 0 Å². The smallest absolute Gasteiger partial charge is 0.128 e. The molecule has 2 rings (SSSR count). The van der Waals surface area contributed by atoms with Gasteiger partial charge in [-0.2, -0.15) is 0 Å². The lowest BCUT2D eigenvalue weighted by molar-refractivity contribution is 0.213. The van der Waals surface area contributed by atoms with Crippen molar-refractivity contribution in [3.63, 3.8) is 0 Å². The van der Waals surface area contributed by atoms with Gasteiger partial charge in [0.25, 0.3) is 0 Å². The summed E-state index contributed by atoms with van der Waals surface area (Å²) in [6.45, 7) is 3.94. The molecule has 1 unspecified atom stereocenters. The number of aliphatic hydroxyl groups is 1. The Morgan fingerprint density at radius 3 is 2.10 bits per heavy atom. The second-order valence-corrected chi connectivity index (χ2v) is 7.54. The molecule has 0 fully saturated rings. The molecule has 21 heavy (non-hydrogen) atoms. The molecule has 1 atom stereocenters. The first-order chi connectivity index (χ1) is 9.85. The summed E-state index contributed by atoms with van der Waals surface area (Å²) in [6.07, 6.45) is -0.759. The van der Waals surface area contributed by atoms with Crippen molar-refractivity contribution in [3.8, 4) is 5.75 Å². The molecule has 0 bridgehead atoms. The third-order valence-corrected chi connectivity index (χ3v) is 5.13. The highest BCUT2D eigenvalue weighted by atomic mass is 79.9. The Bertz CT molecular complexity index is 663. The van der Waals surface area contributed by atoms with Gasteiger partial charge in [-0.15, -0.1) is 0 Å². The fourth-order valence-electron chi connectivity index (χ4n) is 2.38. The Morgan fingerprint density at radius 1 is 1.00 bits per heavy atom. The highest BCUT2D eigenvalue weighted by molar-refractivity contribution is 9.11. The quantitative estimate of drug-likeness (QED) is 0.615. The Morgan fingerprint density at radius 2 is 1.57 bits per heavy atom. The number of hydrogen-bond acceptors (Lipinski definition) is 2. The maximum absolute atomic E-state index is 10.8. The third-order valence-electron chi connectivity index (χ3n) is 3.39. The Labute approximate surface area is 149 Å². The lowest BCUT2D eigenvalue weighted by Gasteiger charge is -2.21. The highest BCUT2D eigenvalue weighted by Crippen LogP contribution is 2.39. The summed E-state index contributed by atoms with van der Waals surface area (Å²) in [6, 6.07) is 7.75. The number of halogens is 3. The first kappa shape index (κ1) is 17.0. The van der Waals surface area contributed by atoms with Crippen molar-refractivity contribution in [2.45, 2.75) is 20.0 Å². The number of methoxy groups -OCH3 is 1. The molecule has 2 aromatic rings. The lowest BCUT2D eigenvalue weighted by atomic mass is 9.94. The van der Waals surface area contributed by atoms with E-state index < -0.39 is 6.10 Å². The second-order valence-electron chi connectivity index (χ2n) is 4.85. The lowest BCUT2D eigenvalue weighted by Crippen LogP contribution is -2.07. The van der Waals surface area contributed by atoms with E-state index in [2.05, 4.69) is 47.8 Å². The normalized spacial score (nSPS) is 12.3. The number of aryl methyl sites for hydroxylation is 1. The van der Waals surface area contributed by atoms with E-state index >= 15 is 0 Å². The van der Waals surface area contributed by atoms with Gasteiger partial charge in [-0.1, -0.05) is 47.8 Å². The van der Waals surface area contributed by atoms with Gasteiger partial charge in [-0.25, -0.2) is 0 Å². The molecule has 0 spiro atoms. The van der Waals surface area contributed by atoms with Crippen LogP contribution in [0, 0.1) is 13.8 Å².